The van der Waals surface area contributed by atoms with Gasteiger partial charge < -0.3 is 4.90 Å². The predicted octanol–water partition coefficient (Wildman–Crippen LogP) is 19.0. The Morgan fingerprint density at radius 1 is 0.286 bits per heavy atom. The lowest BCUT2D eigenvalue weighted by molar-refractivity contribution is 0.353. The van der Waals surface area contributed by atoms with Gasteiger partial charge in [0, 0.05) is 27.9 Å². The molecule has 0 aliphatic heterocycles. The van der Waals surface area contributed by atoms with Crippen molar-refractivity contribution in [2.45, 2.75) is 56.8 Å². The van der Waals surface area contributed by atoms with Gasteiger partial charge in [0.2, 0.25) is 0 Å². The average molecular weight is 898 g/mol. The summed E-state index contributed by atoms with van der Waals surface area (Å²) in [5.41, 5.74) is 27.1. The molecule has 1 nitrogen and oxygen atoms in total. The van der Waals surface area contributed by atoms with Crippen molar-refractivity contribution >= 4 is 17.1 Å². The molecule has 1 spiro atoms. The van der Waals surface area contributed by atoms with Gasteiger partial charge in [-0.25, -0.2) is 0 Å². The third-order valence-electron chi connectivity index (χ3n) is 16.1. The van der Waals surface area contributed by atoms with E-state index < -0.39 is 0 Å². The van der Waals surface area contributed by atoms with Gasteiger partial charge in [-0.2, -0.15) is 0 Å². The lowest BCUT2D eigenvalue weighted by Gasteiger charge is -2.36. The lowest BCUT2D eigenvalue weighted by atomic mass is 9.68. The zero-order valence-corrected chi connectivity index (χ0v) is 40.0. The number of benzene rings is 10. The van der Waals surface area contributed by atoms with E-state index >= 15 is 0 Å². The number of fused-ring (bicyclic) bond motifs is 8. The molecule has 0 radical (unpaired) electrons. The van der Waals surface area contributed by atoms with Gasteiger partial charge in [0.1, 0.15) is 0 Å². The molecule has 0 saturated heterocycles. The minimum atomic E-state index is -0.110. The molecule has 70 heavy (non-hydrogen) atoms. The molecule has 0 atom stereocenters. The van der Waals surface area contributed by atoms with Crippen LogP contribution in [-0.4, -0.2) is 0 Å². The van der Waals surface area contributed by atoms with Crippen molar-refractivity contribution in [3.05, 3.63) is 259 Å². The second-order valence-electron chi connectivity index (χ2n) is 20.3. The molecule has 0 aromatic heterocycles. The highest BCUT2D eigenvalue weighted by atomic mass is 15.1. The van der Waals surface area contributed by atoms with E-state index in [9.17, 15) is 0 Å². The highest BCUT2D eigenvalue weighted by Gasteiger charge is 2.44. The summed E-state index contributed by atoms with van der Waals surface area (Å²) >= 11 is 0. The monoisotopic (exact) mass is 897 g/mol. The average Bonchev–Trinajstić information content (AvgIpc) is 3.83. The molecule has 3 aliphatic rings. The van der Waals surface area contributed by atoms with Crippen LogP contribution >= 0.6 is 0 Å². The van der Waals surface area contributed by atoms with Gasteiger partial charge in [-0.05, 0) is 149 Å². The largest absolute Gasteiger partial charge is 0.310 e. The van der Waals surface area contributed by atoms with E-state index in [0.717, 1.165) is 11.4 Å². The molecule has 3 aliphatic carbocycles. The van der Waals surface area contributed by atoms with Crippen molar-refractivity contribution in [2.24, 2.45) is 0 Å². The Hall–Kier alpha value is -8.00. The van der Waals surface area contributed by atoms with E-state index in [1.54, 1.807) is 0 Å². The van der Waals surface area contributed by atoms with Crippen LogP contribution in [0.5, 0.6) is 0 Å². The Balaban J connectivity index is 0.886. The van der Waals surface area contributed by atoms with Crippen LogP contribution in [-0.2, 0) is 10.8 Å². The van der Waals surface area contributed by atoms with Crippen molar-refractivity contribution < 1.29 is 0 Å². The second kappa shape index (κ2) is 16.9. The fourth-order valence-corrected chi connectivity index (χ4v) is 12.8. The topological polar surface area (TPSA) is 3.24 Å². The molecule has 0 N–H and O–H groups in total. The van der Waals surface area contributed by atoms with Gasteiger partial charge >= 0.3 is 0 Å². The number of rotatable bonds is 8. The van der Waals surface area contributed by atoms with Gasteiger partial charge in [0.25, 0.3) is 0 Å². The Bertz CT molecular complexity index is 3570. The Morgan fingerprint density at radius 2 is 0.686 bits per heavy atom. The molecule has 1 fully saturated rings. The molecular weight excluding hydrogens is 843 g/mol. The molecule has 1 saturated carbocycles. The van der Waals surface area contributed by atoms with Crippen LogP contribution in [0, 0.1) is 0 Å². The molecule has 10 aromatic rings. The van der Waals surface area contributed by atoms with Crippen molar-refractivity contribution in [1.29, 1.82) is 0 Å². The van der Waals surface area contributed by atoms with Crippen LogP contribution in [0.3, 0.4) is 0 Å². The second-order valence-corrected chi connectivity index (χ2v) is 20.3. The summed E-state index contributed by atoms with van der Waals surface area (Å²) in [5.74, 6) is 0. The fourth-order valence-electron chi connectivity index (χ4n) is 12.8. The normalized spacial score (nSPS) is 14.7. The molecule has 336 valence electrons. The first-order chi connectivity index (χ1) is 34.5. The van der Waals surface area contributed by atoms with Crippen LogP contribution in [0.1, 0.15) is 68.2 Å². The van der Waals surface area contributed by atoms with Crippen molar-refractivity contribution in [3.8, 4) is 77.9 Å². The first-order valence-electron chi connectivity index (χ1n) is 25.3. The Morgan fingerprint density at radius 3 is 1.30 bits per heavy atom. The minimum Gasteiger partial charge on any atom is -0.310 e. The maximum absolute atomic E-state index is 2.54. The SMILES string of the molecule is CC1(C)c2ccccc2-c2cccc(-c3ccccc3-c3ccc(N(c4ccc(-c5ccc(-c6ccccc6-c6ccccc6)cc5)cc4)c4ccc5c(c4)C4(CCCCC4)c4ccccc4-5)cc3)c21. The van der Waals surface area contributed by atoms with E-state index in [-0.39, 0.29) is 10.8 Å². The first kappa shape index (κ1) is 42.1. The summed E-state index contributed by atoms with van der Waals surface area (Å²) < 4.78 is 0. The van der Waals surface area contributed by atoms with Crippen LogP contribution in [0.25, 0.3) is 77.9 Å². The number of anilines is 3. The van der Waals surface area contributed by atoms with Crippen LogP contribution in [0.2, 0.25) is 0 Å². The zero-order chi connectivity index (χ0) is 46.8. The molecule has 0 bridgehead atoms. The lowest BCUT2D eigenvalue weighted by Crippen LogP contribution is -2.28. The van der Waals surface area contributed by atoms with Gasteiger partial charge in [0.05, 0.1) is 0 Å². The summed E-state index contributed by atoms with van der Waals surface area (Å²) in [6.45, 7) is 4.77. The number of hydrogen-bond donors (Lipinski definition) is 0. The number of hydrogen-bond acceptors (Lipinski definition) is 1. The minimum absolute atomic E-state index is 0.0601. The zero-order valence-electron chi connectivity index (χ0n) is 40.0. The van der Waals surface area contributed by atoms with Crippen LogP contribution < -0.4 is 4.90 Å². The fraction of sp³-hybridized carbons (Fsp3) is 0.130. The van der Waals surface area contributed by atoms with E-state index in [2.05, 4.69) is 255 Å². The molecule has 0 unspecified atom stereocenters. The molecule has 0 heterocycles. The standard InChI is InChI=1S/C69H55N/c1-68(2)64-28-13-11-25-60(64)63-27-17-26-62(67(63)68)58-23-10-9-22-57(58)51-36-40-53(41-37-51)70(54-42-43-61-59-24-12-14-29-65(59)69(66(61)46-54)44-15-4-16-45-69)52-38-34-48(35-39-52)47-30-32-50(33-31-47)56-21-8-7-20-55(56)49-18-5-3-6-19-49/h3,5-14,17-43,46H,4,15-16,44-45H2,1-2H3. The van der Waals surface area contributed by atoms with E-state index in [1.807, 2.05) is 0 Å². The van der Waals surface area contributed by atoms with Crippen molar-refractivity contribution in [3.63, 3.8) is 0 Å². The highest BCUT2D eigenvalue weighted by molar-refractivity contribution is 5.94. The van der Waals surface area contributed by atoms with Crippen LogP contribution in [0.4, 0.5) is 17.1 Å². The molecule has 13 rings (SSSR count). The quantitative estimate of drug-likeness (QED) is 0.147. The molecule has 1 heteroatoms. The number of nitrogens with zero attached hydrogens (tertiary/aromatic N) is 1. The summed E-state index contributed by atoms with van der Waals surface area (Å²) in [6.07, 6.45) is 6.25. The molecule has 10 aromatic carbocycles. The summed E-state index contributed by atoms with van der Waals surface area (Å²) in [5, 5.41) is 0. The van der Waals surface area contributed by atoms with Crippen LogP contribution in [0.15, 0.2) is 237 Å². The van der Waals surface area contributed by atoms with Crippen molar-refractivity contribution in [2.75, 3.05) is 4.90 Å². The maximum atomic E-state index is 2.54. The smallest absolute Gasteiger partial charge is 0.0465 e. The van der Waals surface area contributed by atoms with E-state index in [0.29, 0.717) is 0 Å². The Labute approximate surface area is 413 Å². The summed E-state index contributed by atoms with van der Waals surface area (Å²) in [7, 11) is 0. The van der Waals surface area contributed by atoms with Gasteiger partial charge in [0.15, 0.2) is 0 Å². The molecule has 0 amide bonds. The summed E-state index contributed by atoms with van der Waals surface area (Å²) in [4.78, 5) is 2.48. The van der Waals surface area contributed by atoms with Crippen molar-refractivity contribution in [1.82, 2.24) is 0 Å². The predicted molar refractivity (Wildman–Crippen MR) is 295 cm³/mol. The third-order valence-corrected chi connectivity index (χ3v) is 16.1. The molecular formula is C69H55N. The first-order valence-corrected chi connectivity index (χ1v) is 25.3. The highest BCUT2D eigenvalue weighted by Crippen LogP contribution is 2.57. The maximum Gasteiger partial charge on any atom is 0.0465 e. The van der Waals surface area contributed by atoms with E-state index in [1.165, 1.54) is 138 Å². The van der Waals surface area contributed by atoms with Gasteiger partial charge in [-0.3, -0.25) is 0 Å². The van der Waals surface area contributed by atoms with Gasteiger partial charge in [-0.1, -0.05) is 233 Å². The van der Waals surface area contributed by atoms with Gasteiger partial charge in [-0.15, -0.1) is 0 Å². The Kier molecular flexibility index (Phi) is 10.2. The van der Waals surface area contributed by atoms with E-state index in [4.69, 9.17) is 0 Å². The third kappa shape index (κ3) is 6.82. The summed E-state index contributed by atoms with van der Waals surface area (Å²) in [6, 6.07) is 88.4.